The molecule has 0 unspecified atom stereocenters. The van der Waals surface area contributed by atoms with Crippen molar-refractivity contribution in [1.82, 2.24) is 9.55 Å². The molecule has 1 aromatic carbocycles. The molecular formula is C13H16N2O3. The molecule has 1 aromatic heterocycles. The van der Waals surface area contributed by atoms with E-state index in [9.17, 15) is 0 Å². The second-order valence-electron chi connectivity index (χ2n) is 3.64. The number of imidazole rings is 1. The predicted molar refractivity (Wildman–Crippen MR) is 67.3 cm³/mol. The van der Waals surface area contributed by atoms with Crippen LogP contribution < -0.4 is 14.2 Å². The minimum atomic E-state index is 0.542. The molecule has 0 fully saturated rings. The third-order valence-corrected chi connectivity index (χ3v) is 2.53. The van der Waals surface area contributed by atoms with E-state index in [0.29, 0.717) is 23.9 Å². The largest absolute Gasteiger partial charge is 0.493 e. The number of hydrogen-bond donors (Lipinski definition) is 0. The van der Waals surface area contributed by atoms with Crippen molar-refractivity contribution in [2.24, 2.45) is 0 Å². The van der Waals surface area contributed by atoms with Gasteiger partial charge in [-0.25, -0.2) is 4.98 Å². The molecule has 0 N–H and O–H groups in total. The summed E-state index contributed by atoms with van der Waals surface area (Å²) in [7, 11) is 3.20. The summed E-state index contributed by atoms with van der Waals surface area (Å²) in [5.41, 5.74) is 0. The van der Waals surface area contributed by atoms with Crippen LogP contribution in [0.15, 0.2) is 36.9 Å². The lowest BCUT2D eigenvalue weighted by atomic mass is 10.3. The molecule has 0 radical (unpaired) electrons. The van der Waals surface area contributed by atoms with E-state index < -0.39 is 0 Å². The lowest BCUT2D eigenvalue weighted by Gasteiger charge is -2.13. The van der Waals surface area contributed by atoms with Crippen LogP contribution in [-0.2, 0) is 6.54 Å². The molecule has 0 amide bonds. The summed E-state index contributed by atoms with van der Waals surface area (Å²) in [5, 5.41) is 0. The lowest BCUT2D eigenvalue weighted by molar-refractivity contribution is 0.272. The van der Waals surface area contributed by atoms with Gasteiger partial charge in [-0.05, 0) is 12.1 Å². The van der Waals surface area contributed by atoms with Crippen molar-refractivity contribution in [2.45, 2.75) is 6.54 Å². The van der Waals surface area contributed by atoms with E-state index in [0.717, 1.165) is 6.54 Å². The van der Waals surface area contributed by atoms with E-state index in [-0.39, 0.29) is 0 Å². The number of benzene rings is 1. The van der Waals surface area contributed by atoms with E-state index in [1.807, 2.05) is 29.0 Å². The van der Waals surface area contributed by atoms with Gasteiger partial charge in [-0.15, -0.1) is 0 Å². The van der Waals surface area contributed by atoms with Crippen molar-refractivity contribution < 1.29 is 14.2 Å². The summed E-state index contributed by atoms with van der Waals surface area (Å²) in [4.78, 5) is 3.97. The number of aromatic nitrogens is 2. The van der Waals surface area contributed by atoms with Crippen LogP contribution in [0.4, 0.5) is 0 Å². The molecule has 0 aliphatic rings. The second kappa shape index (κ2) is 5.95. The first-order valence-electron chi connectivity index (χ1n) is 5.64. The Morgan fingerprint density at radius 2 is 2.00 bits per heavy atom. The van der Waals surface area contributed by atoms with Crippen molar-refractivity contribution in [2.75, 3.05) is 20.8 Å². The number of methoxy groups -OCH3 is 2. The Hall–Kier alpha value is -2.17. The molecule has 0 aliphatic heterocycles. The molecule has 5 nitrogen and oxygen atoms in total. The Morgan fingerprint density at radius 1 is 1.17 bits per heavy atom. The molecule has 96 valence electrons. The zero-order chi connectivity index (χ0) is 12.8. The highest BCUT2D eigenvalue weighted by atomic mass is 16.5. The fourth-order valence-electron chi connectivity index (χ4n) is 1.65. The Balaban J connectivity index is 2.00. The van der Waals surface area contributed by atoms with Gasteiger partial charge in [-0.2, -0.15) is 0 Å². The van der Waals surface area contributed by atoms with Gasteiger partial charge in [0.2, 0.25) is 5.75 Å². The highest BCUT2D eigenvalue weighted by Gasteiger charge is 2.10. The maximum atomic E-state index is 5.69. The lowest BCUT2D eigenvalue weighted by Crippen LogP contribution is -2.07. The van der Waals surface area contributed by atoms with Gasteiger partial charge < -0.3 is 18.8 Å². The van der Waals surface area contributed by atoms with Crippen molar-refractivity contribution in [3.05, 3.63) is 36.9 Å². The molecule has 5 heteroatoms. The number of hydrogen-bond acceptors (Lipinski definition) is 4. The van der Waals surface area contributed by atoms with Gasteiger partial charge in [0.05, 0.1) is 27.1 Å². The van der Waals surface area contributed by atoms with Gasteiger partial charge in [0.25, 0.3) is 0 Å². The molecule has 0 saturated heterocycles. The van der Waals surface area contributed by atoms with Crippen molar-refractivity contribution in [1.29, 1.82) is 0 Å². The maximum Gasteiger partial charge on any atom is 0.203 e. The van der Waals surface area contributed by atoms with Crippen molar-refractivity contribution >= 4 is 0 Å². The van der Waals surface area contributed by atoms with Crippen LogP contribution in [0.2, 0.25) is 0 Å². The predicted octanol–water partition coefficient (Wildman–Crippen LogP) is 1.98. The Kier molecular flexibility index (Phi) is 4.06. The van der Waals surface area contributed by atoms with Crippen LogP contribution in [0.3, 0.4) is 0 Å². The maximum absolute atomic E-state index is 5.69. The molecule has 0 atom stereocenters. The fraction of sp³-hybridized carbons (Fsp3) is 0.308. The summed E-state index contributed by atoms with van der Waals surface area (Å²) < 4.78 is 18.1. The van der Waals surface area contributed by atoms with E-state index in [2.05, 4.69) is 4.98 Å². The third kappa shape index (κ3) is 2.74. The molecule has 0 saturated carbocycles. The first-order chi connectivity index (χ1) is 8.85. The summed E-state index contributed by atoms with van der Waals surface area (Å²) in [6.07, 6.45) is 5.39. The second-order valence-corrected chi connectivity index (χ2v) is 3.64. The van der Waals surface area contributed by atoms with E-state index >= 15 is 0 Å². The SMILES string of the molecule is COc1cccc(OCCn2ccnc2)c1OC. The number of rotatable bonds is 6. The topological polar surface area (TPSA) is 45.5 Å². The molecule has 0 aliphatic carbocycles. The highest BCUT2D eigenvalue weighted by Crippen LogP contribution is 2.36. The van der Waals surface area contributed by atoms with Gasteiger partial charge in [0.15, 0.2) is 11.5 Å². The summed E-state index contributed by atoms with van der Waals surface area (Å²) in [6.45, 7) is 1.28. The standard InChI is InChI=1S/C13H16N2O3/c1-16-11-4-3-5-12(13(11)17-2)18-9-8-15-7-6-14-10-15/h3-7,10H,8-9H2,1-2H3. The summed E-state index contributed by atoms with van der Waals surface area (Å²) in [6, 6.07) is 5.56. The third-order valence-electron chi connectivity index (χ3n) is 2.53. The Bertz CT molecular complexity index is 483. The van der Waals surface area contributed by atoms with Gasteiger partial charge in [-0.1, -0.05) is 6.07 Å². The monoisotopic (exact) mass is 248 g/mol. The van der Waals surface area contributed by atoms with Gasteiger partial charge in [-0.3, -0.25) is 0 Å². The van der Waals surface area contributed by atoms with Crippen LogP contribution in [0.1, 0.15) is 0 Å². The minimum absolute atomic E-state index is 0.542. The molecule has 18 heavy (non-hydrogen) atoms. The molecule has 1 heterocycles. The molecular weight excluding hydrogens is 232 g/mol. The van der Waals surface area contributed by atoms with Crippen LogP contribution in [-0.4, -0.2) is 30.4 Å². The summed E-state index contributed by atoms with van der Waals surface area (Å²) >= 11 is 0. The smallest absolute Gasteiger partial charge is 0.203 e. The van der Waals surface area contributed by atoms with E-state index in [1.54, 1.807) is 26.7 Å². The molecule has 0 spiro atoms. The van der Waals surface area contributed by atoms with Crippen molar-refractivity contribution in [3.63, 3.8) is 0 Å². The normalized spacial score (nSPS) is 10.1. The average Bonchev–Trinajstić information content (AvgIpc) is 2.91. The number of nitrogens with zero attached hydrogens (tertiary/aromatic N) is 2. The first kappa shape index (κ1) is 12.3. The molecule has 2 rings (SSSR count). The molecule has 2 aromatic rings. The zero-order valence-electron chi connectivity index (χ0n) is 10.5. The average molecular weight is 248 g/mol. The van der Waals surface area contributed by atoms with Gasteiger partial charge in [0, 0.05) is 12.4 Å². The zero-order valence-corrected chi connectivity index (χ0v) is 10.5. The highest BCUT2D eigenvalue weighted by molar-refractivity contribution is 5.50. The van der Waals surface area contributed by atoms with Crippen molar-refractivity contribution in [3.8, 4) is 17.2 Å². The van der Waals surface area contributed by atoms with Crippen LogP contribution >= 0.6 is 0 Å². The van der Waals surface area contributed by atoms with Gasteiger partial charge in [0.1, 0.15) is 6.61 Å². The first-order valence-corrected chi connectivity index (χ1v) is 5.64. The van der Waals surface area contributed by atoms with Crippen LogP contribution in [0, 0.1) is 0 Å². The van der Waals surface area contributed by atoms with Crippen LogP contribution in [0.5, 0.6) is 17.2 Å². The minimum Gasteiger partial charge on any atom is -0.493 e. The van der Waals surface area contributed by atoms with Gasteiger partial charge >= 0.3 is 0 Å². The number of para-hydroxylation sites is 1. The number of ether oxygens (including phenoxy) is 3. The Morgan fingerprint density at radius 3 is 2.67 bits per heavy atom. The fourth-order valence-corrected chi connectivity index (χ4v) is 1.65. The Labute approximate surface area is 106 Å². The molecule has 0 bridgehead atoms. The quantitative estimate of drug-likeness (QED) is 0.784. The van der Waals surface area contributed by atoms with E-state index in [4.69, 9.17) is 14.2 Å². The van der Waals surface area contributed by atoms with E-state index in [1.165, 1.54) is 0 Å². The van der Waals surface area contributed by atoms with Crippen LogP contribution in [0.25, 0.3) is 0 Å². The summed E-state index contributed by atoms with van der Waals surface area (Å²) in [5.74, 6) is 1.96.